The molecule has 0 atom stereocenters. The largest absolute Gasteiger partial charge is 0.478 e. The Morgan fingerprint density at radius 2 is 1.78 bits per heavy atom. The van der Waals surface area contributed by atoms with Gasteiger partial charge in [0.15, 0.2) is 0 Å². The van der Waals surface area contributed by atoms with Crippen LogP contribution in [0.5, 0.6) is 0 Å². The molecule has 0 unspecified atom stereocenters. The van der Waals surface area contributed by atoms with E-state index in [1.54, 1.807) is 0 Å². The summed E-state index contributed by atoms with van der Waals surface area (Å²) < 4.78 is 60.0. The summed E-state index contributed by atoms with van der Waals surface area (Å²) in [5.41, 5.74) is -0.150. The Hall–Kier alpha value is -3.08. The van der Waals surface area contributed by atoms with E-state index in [0.29, 0.717) is 32.3 Å². The molecule has 3 heterocycles. The van der Waals surface area contributed by atoms with Gasteiger partial charge in [0.25, 0.3) is 0 Å². The highest BCUT2D eigenvalue weighted by Crippen LogP contribution is 2.36. The molecule has 2 fully saturated rings. The van der Waals surface area contributed by atoms with E-state index < -0.39 is 23.5 Å². The first-order valence-corrected chi connectivity index (χ1v) is 12.3. The number of nitrogens with zero attached hydrogens (tertiary/aromatic N) is 3. The average molecular weight is 518 g/mol. The predicted molar refractivity (Wildman–Crippen MR) is 130 cm³/mol. The predicted octanol–water partition coefficient (Wildman–Crippen LogP) is 5.05. The Kier molecular flexibility index (Phi) is 7.15. The number of pyridine rings is 1. The molecule has 0 spiro atoms. The number of likely N-dealkylation sites (tertiary alicyclic amines) is 1. The number of morpholine rings is 1. The maximum absolute atomic E-state index is 14.1. The number of carboxylic acid groups (broad SMARTS) is 1. The van der Waals surface area contributed by atoms with Crippen LogP contribution in [0.15, 0.2) is 42.5 Å². The lowest BCUT2D eigenvalue weighted by Gasteiger charge is -2.40. The molecule has 5 rings (SSSR count). The van der Waals surface area contributed by atoms with Crippen molar-refractivity contribution in [2.75, 3.05) is 39.4 Å². The van der Waals surface area contributed by atoms with E-state index in [1.165, 1.54) is 18.2 Å². The fraction of sp³-hybridized carbons (Fsp3) is 0.407. The molecule has 6 nitrogen and oxygen atoms in total. The molecule has 37 heavy (non-hydrogen) atoms. The second kappa shape index (κ2) is 10.4. The lowest BCUT2D eigenvalue weighted by molar-refractivity contribution is -0.137. The Morgan fingerprint density at radius 1 is 1.05 bits per heavy atom. The average Bonchev–Trinajstić information content (AvgIpc) is 2.88. The molecule has 1 N–H and O–H groups in total. The molecule has 3 aromatic rings. The third-order valence-corrected chi connectivity index (χ3v) is 7.23. The lowest BCUT2D eigenvalue weighted by Crippen LogP contribution is -2.48. The highest BCUT2D eigenvalue weighted by molar-refractivity contribution is 6.05. The third-order valence-electron chi connectivity index (χ3n) is 7.23. The van der Waals surface area contributed by atoms with Crippen molar-refractivity contribution in [1.29, 1.82) is 0 Å². The van der Waals surface area contributed by atoms with Gasteiger partial charge in [-0.2, -0.15) is 13.2 Å². The number of alkyl halides is 3. The van der Waals surface area contributed by atoms with Gasteiger partial charge >= 0.3 is 12.1 Å². The Bertz CT molecular complexity index is 1300. The highest BCUT2D eigenvalue weighted by atomic mass is 19.4. The maximum atomic E-state index is 14.1. The van der Waals surface area contributed by atoms with Crippen LogP contribution in [-0.4, -0.2) is 71.3 Å². The summed E-state index contributed by atoms with van der Waals surface area (Å²) in [5.74, 6) is -1.88. The van der Waals surface area contributed by atoms with Gasteiger partial charge in [-0.15, -0.1) is 0 Å². The summed E-state index contributed by atoms with van der Waals surface area (Å²) in [6.45, 7) is 4.77. The van der Waals surface area contributed by atoms with Crippen LogP contribution < -0.4 is 0 Å². The molecule has 0 aliphatic carbocycles. The fourth-order valence-electron chi connectivity index (χ4n) is 5.36. The Balaban J connectivity index is 1.54. The van der Waals surface area contributed by atoms with E-state index in [4.69, 9.17) is 4.74 Å². The van der Waals surface area contributed by atoms with Crippen LogP contribution in [0.3, 0.4) is 0 Å². The zero-order valence-electron chi connectivity index (χ0n) is 20.1. The SMILES string of the molecule is O=C(O)c1c(CN2CCC(N3CCOCC3)CC2)c(-c2cccc(C(F)(F)F)c2)nc2ccc(F)cc12. The highest BCUT2D eigenvalue weighted by Gasteiger charge is 2.32. The second-order valence-electron chi connectivity index (χ2n) is 9.51. The molecule has 196 valence electrons. The number of aromatic carboxylic acids is 1. The van der Waals surface area contributed by atoms with Crippen molar-refractivity contribution in [3.8, 4) is 11.3 Å². The number of carbonyl (C=O) groups is 1. The number of fused-ring (bicyclic) bond motifs is 1. The van der Waals surface area contributed by atoms with Crippen molar-refractivity contribution in [1.82, 2.24) is 14.8 Å². The van der Waals surface area contributed by atoms with Gasteiger partial charge in [-0.25, -0.2) is 14.2 Å². The molecule has 2 aliphatic rings. The standard InChI is InChI=1S/C27H27F4N3O3/c28-19-4-5-23-21(15-19)24(26(35)36)22(25(32-23)17-2-1-3-18(14-17)27(29,30)31)16-33-8-6-20(7-9-33)34-10-12-37-13-11-34/h1-5,14-15,20H,6-13,16H2,(H,35,36). The molecule has 0 bridgehead atoms. The molecule has 0 saturated carbocycles. The molecular formula is C27H27F4N3O3. The van der Waals surface area contributed by atoms with E-state index in [-0.39, 0.29) is 39.8 Å². The smallest absolute Gasteiger partial charge is 0.416 e. The van der Waals surface area contributed by atoms with E-state index in [9.17, 15) is 27.5 Å². The minimum atomic E-state index is -4.56. The first-order valence-electron chi connectivity index (χ1n) is 12.3. The molecule has 1 aromatic heterocycles. The molecule has 0 amide bonds. The van der Waals surface area contributed by atoms with Crippen LogP contribution >= 0.6 is 0 Å². The van der Waals surface area contributed by atoms with Gasteiger partial charge in [0, 0.05) is 42.2 Å². The van der Waals surface area contributed by atoms with Gasteiger partial charge in [0.2, 0.25) is 0 Å². The van der Waals surface area contributed by atoms with Gasteiger partial charge in [0.1, 0.15) is 5.82 Å². The quantitative estimate of drug-likeness (QED) is 0.478. The molecule has 2 aromatic carbocycles. The summed E-state index contributed by atoms with van der Waals surface area (Å²) in [6.07, 6.45) is -2.79. The van der Waals surface area contributed by atoms with Gasteiger partial charge in [-0.05, 0) is 56.3 Å². The van der Waals surface area contributed by atoms with E-state index in [1.807, 2.05) is 0 Å². The van der Waals surface area contributed by atoms with Crippen molar-refractivity contribution in [2.45, 2.75) is 31.6 Å². The van der Waals surface area contributed by atoms with Crippen molar-refractivity contribution >= 4 is 16.9 Å². The van der Waals surface area contributed by atoms with E-state index >= 15 is 0 Å². The van der Waals surface area contributed by atoms with E-state index in [0.717, 1.165) is 50.2 Å². The monoisotopic (exact) mass is 517 g/mol. The summed E-state index contributed by atoms with van der Waals surface area (Å²) in [5, 5.41) is 10.3. The second-order valence-corrected chi connectivity index (χ2v) is 9.51. The van der Waals surface area contributed by atoms with Crippen LogP contribution in [-0.2, 0) is 17.5 Å². The van der Waals surface area contributed by atoms with Crippen molar-refractivity contribution < 1.29 is 32.2 Å². The Labute approximate surface area is 211 Å². The van der Waals surface area contributed by atoms with Gasteiger partial charge < -0.3 is 9.84 Å². The Morgan fingerprint density at radius 3 is 2.46 bits per heavy atom. The van der Waals surface area contributed by atoms with Gasteiger partial charge in [-0.1, -0.05) is 12.1 Å². The van der Waals surface area contributed by atoms with E-state index in [2.05, 4.69) is 14.8 Å². The van der Waals surface area contributed by atoms with Crippen LogP contribution in [0, 0.1) is 5.82 Å². The number of hydrogen-bond donors (Lipinski definition) is 1. The van der Waals surface area contributed by atoms with Crippen molar-refractivity contribution in [3.63, 3.8) is 0 Å². The number of aromatic nitrogens is 1. The fourth-order valence-corrected chi connectivity index (χ4v) is 5.36. The first kappa shape index (κ1) is 25.6. The summed E-state index contributed by atoms with van der Waals surface area (Å²) in [7, 11) is 0. The molecule has 2 aliphatic heterocycles. The number of benzene rings is 2. The number of halogens is 4. The normalized spacial score (nSPS) is 18.4. The minimum Gasteiger partial charge on any atom is -0.478 e. The number of ether oxygens (including phenoxy) is 1. The minimum absolute atomic E-state index is 0.126. The topological polar surface area (TPSA) is 65.9 Å². The van der Waals surface area contributed by atoms with Gasteiger partial charge in [-0.3, -0.25) is 9.80 Å². The van der Waals surface area contributed by atoms with Gasteiger partial charge in [0.05, 0.1) is 35.6 Å². The third kappa shape index (κ3) is 5.46. The van der Waals surface area contributed by atoms with Crippen LogP contribution in [0.1, 0.15) is 34.3 Å². The summed E-state index contributed by atoms with van der Waals surface area (Å²) in [6, 6.07) is 8.77. The molecule has 0 radical (unpaired) electrons. The van der Waals surface area contributed by atoms with Crippen LogP contribution in [0.2, 0.25) is 0 Å². The molecule has 10 heteroatoms. The number of rotatable bonds is 5. The summed E-state index contributed by atoms with van der Waals surface area (Å²) >= 11 is 0. The zero-order valence-corrected chi connectivity index (χ0v) is 20.1. The first-order chi connectivity index (χ1) is 17.7. The van der Waals surface area contributed by atoms with Crippen LogP contribution in [0.25, 0.3) is 22.2 Å². The maximum Gasteiger partial charge on any atom is 0.416 e. The number of hydrogen-bond acceptors (Lipinski definition) is 5. The lowest BCUT2D eigenvalue weighted by atomic mass is 9.94. The molecular weight excluding hydrogens is 490 g/mol. The van der Waals surface area contributed by atoms with Crippen molar-refractivity contribution in [3.05, 3.63) is 65.0 Å². The zero-order chi connectivity index (χ0) is 26.2. The number of carboxylic acids is 1. The molecule has 2 saturated heterocycles. The van der Waals surface area contributed by atoms with Crippen LogP contribution in [0.4, 0.5) is 17.6 Å². The number of piperidine rings is 1. The summed E-state index contributed by atoms with van der Waals surface area (Å²) in [4.78, 5) is 21.6. The van der Waals surface area contributed by atoms with Crippen molar-refractivity contribution in [2.24, 2.45) is 0 Å².